The molecule has 0 bridgehead atoms. The van der Waals surface area contributed by atoms with Crippen molar-refractivity contribution < 1.29 is 18.3 Å². The number of ether oxygens (including phenoxy) is 1. The summed E-state index contributed by atoms with van der Waals surface area (Å²) >= 11 is 0. The molecular formula is C16H14F2N2O2. The lowest BCUT2D eigenvalue weighted by Gasteiger charge is -2.22. The summed E-state index contributed by atoms with van der Waals surface area (Å²) in [7, 11) is 0. The van der Waals surface area contributed by atoms with E-state index in [0.29, 0.717) is 12.2 Å². The van der Waals surface area contributed by atoms with Gasteiger partial charge in [0.2, 0.25) is 5.91 Å². The highest BCUT2D eigenvalue weighted by molar-refractivity contribution is 5.79. The largest absolute Gasteiger partial charge is 0.454 e. The van der Waals surface area contributed by atoms with E-state index in [9.17, 15) is 13.6 Å². The zero-order valence-corrected chi connectivity index (χ0v) is 11.8. The minimum Gasteiger partial charge on any atom is -0.454 e. The molecule has 1 fully saturated rings. The van der Waals surface area contributed by atoms with Crippen molar-refractivity contribution in [1.29, 1.82) is 0 Å². The lowest BCUT2D eigenvalue weighted by Crippen LogP contribution is -2.38. The number of amides is 1. The minimum atomic E-state index is -0.761. The molecule has 6 heteroatoms. The van der Waals surface area contributed by atoms with Crippen LogP contribution in [0.2, 0.25) is 0 Å². The molecule has 1 aliphatic heterocycles. The first-order valence-corrected chi connectivity index (χ1v) is 6.76. The lowest BCUT2D eigenvalue weighted by molar-refractivity contribution is -0.119. The smallest absolute Gasteiger partial charge is 0.236 e. The number of benzene rings is 2. The van der Waals surface area contributed by atoms with Crippen molar-refractivity contribution in [2.75, 3.05) is 0 Å². The van der Waals surface area contributed by atoms with E-state index in [1.807, 2.05) is 6.92 Å². The van der Waals surface area contributed by atoms with Gasteiger partial charge in [-0.25, -0.2) is 14.2 Å². The highest BCUT2D eigenvalue weighted by Gasteiger charge is 2.35. The molecule has 1 aliphatic rings. The lowest BCUT2D eigenvalue weighted by atomic mass is 9.90. The minimum absolute atomic E-state index is 0.0452. The normalized spacial score (nSPS) is 20.8. The maximum Gasteiger partial charge on any atom is 0.236 e. The molecule has 4 nitrogen and oxygen atoms in total. The first kappa shape index (κ1) is 14.5. The Hall–Kier alpha value is -2.47. The van der Waals surface area contributed by atoms with E-state index in [1.54, 1.807) is 24.3 Å². The summed E-state index contributed by atoms with van der Waals surface area (Å²) in [6.45, 7) is 1.90. The summed E-state index contributed by atoms with van der Waals surface area (Å²) in [6, 6.07) is 10.1. The number of hydrazine groups is 1. The fraction of sp³-hybridized carbons (Fsp3) is 0.188. The summed E-state index contributed by atoms with van der Waals surface area (Å²) in [6.07, 6.45) is 0.333. The van der Waals surface area contributed by atoms with Crippen LogP contribution in [0.15, 0.2) is 42.5 Å². The van der Waals surface area contributed by atoms with E-state index in [1.165, 1.54) is 6.07 Å². The Morgan fingerprint density at radius 3 is 2.45 bits per heavy atom. The highest BCUT2D eigenvalue weighted by atomic mass is 19.1. The average molecular weight is 304 g/mol. The van der Waals surface area contributed by atoms with Crippen LogP contribution in [0.5, 0.6) is 11.5 Å². The molecule has 1 amide bonds. The fourth-order valence-corrected chi connectivity index (χ4v) is 2.37. The Labute approximate surface area is 126 Å². The SMILES string of the molecule is CC1(c2ccc(Oc3ccc(F)cc3F)cc2)CC(=O)NN1. The molecule has 2 N–H and O–H groups in total. The maximum atomic E-state index is 13.5. The summed E-state index contributed by atoms with van der Waals surface area (Å²) in [5.74, 6) is -1.11. The molecule has 22 heavy (non-hydrogen) atoms. The Kier molecular flexibility index (Phi) is 3.54. The molecule has 1 atom stereocenters. The summed E-state index contributed by atoms with van der Waals surface area (Å²) in [5, 5.41) is 0. The number of hydrogen-bond donors (Lipinski definition) is 2. The van der Waals surface area contributed by atoms with Gasteiger partial charge in [0.15, 0.2) is 11.6 Å². The first-order valence-electron chi connectivity index (χ1n) is 6.76. The number of hydrogen-bond acceptors (Lipinski definition) is 3. The van der Waals surface area contributed by atoms with Gasteiger partial charge >= 0.3 is 0 Å². The van der Waals surface area contributed by atoms with Crippen LogP contribution in [-0.2, 0) is 10.3 Å². The second-order valence-corrected chi connectivity index (χ2v) is 5.38. The Morgan fingerprint density at radius 2 is 1.86 bits per heavy atom. The predicted molar refractivity (Wildman–Crippen MR) is 76.1 cm³/mol. The zero-order valence-electron chi connectivity index (χ0n) is 11.8. The molecule has 2 aromatic carbocycles. The van der Waals surface area contributed by atoms with E-state index in [0.717, 1.165) is 17.7 Å². The van der Waals surface area contributed by atoms with Gasteiger partial charge in [-0.1, -0.05) is 12.1 Å². The second-order valence-electron chi connectivity index (χ2n) is 5.38. The molecule has 1 unspecified atom stereocenters. The van der Waals surface area contributed by atoms with Crippen LogP contribution < -0.4 is 15.6 Å². The molecule has 1 heterocycles. The van der Waals surface area contributed by atoms with Gasteiger partial charge in [0.05, 0.1) is 12.0 Å². The topological polar surface area (TPSA) is 50.4 Å². The van der Waals surface area contributed by atoms with Crippen molar-refractivity contribution in [1.82, 2.24) is 10.9 Å². The van der Waals surface area contributed by atoms with Gasteiger partial charge in [-0.3, -0.25) is 10.2 Å². The van der Waals surface area contributed by atoms with Crippen LogP contribution >= 0.6 is 0 Å². The molecule has 1 saturated heterocycles. The molecular weight excluding hydrogens is 290 g/mol. The third-order valence-electron chi connectivity index (χ3n) is 3.61. The molecule has 0 spiro atoms. The quantitative estimate of drug-likeness (QED) is 0.916. The van der Waals surface area contributed by atoms with E-state index in [2.05, 4.69) is 10.9 Å². The standard InChI is InChI=1S/C16H14F2N2O2/c1-16(9-15(21)19-20-16)10-2-5-12(6-3-10)22-14-7-4-11(17)8-13(14)18/h2-8,20H,9H2,1H3,(H,19,21). The third kappa shape index (κ3) is 2.78. The van der Waals surface area contributed by atoms with Crippen LogP contribution in [0.1, 0.15) is 18.9 Å². The fourth-order valence-electron chi connectivity index (χ4n) is 2.37. The second kappa shape index (κ2) is 5.38. The molecule has 3 rings (SSSR count). The van der Waals surface area contributed by atoms with Gasteiger partial charge < -0.3 is 4.74 Å². The van der Waals surface area contributed by atoms with Crippen molar-refractivity contribution in [3.05, 3.63) is 59.7 Å². The molecule has 2 aromatic rings. The Bertz CT molecular complexity index is 719. The third-order valence-corrected chi connectivity index (χ3v) is 3.61. The molecule has 0 radical (unpaired) electrons. The van der Waals surface area contributed by atoms with Gasteiger partial charge in [-0.2, -0.15) is 0 Å². The van der Waals surface area contributed by atoms with E-state index < -0.39 is 17.2 Å². The van der Waals surface area contributed by atoms with E-state index in [4.69, 9.17) is 4.74 Å². The van der Waals surface area contributed by atoms with E-state index >= 15 is 0 Å². The highest BCUT2D eigenvalue weighted by Crippen LogP contribution is 2.30. The molecule has 114 valence electrons. The van der Waals surface area contributed by atoms with Gasteiger partial charge in [0, 0.05) is 6.07 Å². The van der Waals surface area contributed by atoms with Crippen LogP contribution in [0.4, 0.5) is 8.78 Å². The zero-order chi connectivity index (χ0) is 15.7. The van der Waals surface area contributed by atoms with E-state index in [-0.39, 0.29) is 11.7 Å². The van der Waals surface area contributed by atoms with Crippen molar-refractivity contribution in [3.8, 4) is 11.5 Å². The first-order chi connectivity index (χ1) is 10.5. The van der Waals surface area contributed by atoms with Crippen LogP contribution in [0.25, 0.3) is 0 Å². The van der Waals surface area contributed by atoms with Crippen molar-refractivity contribution >= 4 is 5.91 Å². The number of halogens is 2. The number of carbonyl (C=O) groups excluding carboxylic acids is 1. The Morgan fingerprint density at radius 1 is 1.14 bits per heavy atom. The van der Waals surface area contributed by atoms with Gasteiger partial charge in [-0.05, 0) is 36.8 Å². The van der Waals surface area contributed by atoms with Gasteiger partial charge in [-0.15, -0.1) is 0 Å². The van der Waals surface area contributed by atoms with Crippen LogP contribution in [0.3, 0.4) is 0 Å². The molecule has 0 aliphatic carbocycles. The summed E-state index contributed by atoms with van der Waals surface area (Å²) in [4.78, 5) is 11.3. The summed E-state index contributed by atoms with van der Waals surface area (Å²) in [5.41, 5.74) is 5.92. The molecule has 0 aromatic heterocycles. The van der Waals surface area contributed by atoms with Crippen molar-refractivity contribution in [3.63, 3.8) is 0 Å². The monoisotopic (exact) mass is 304 g/mol. The maximum absolute atomic E-state index is 13.5. The van der Waals surface area contributed by atoms with Crippen molar-refractivity contribution in [2.24, 2.45) is 0 Å². The Balaban J connectivity index is 1.78. The van der Waals surface area contributed by atoms with Gasteiger partial charge in [0.1, 0.15) is 11.6 Å². The number of rotatable bonds is 3. The predicted octanol–water partition coefficient (Wildman–Crippen LogP) is 3.00. The molecule has 0 saturated carbocycles. The van der Waals surface area contributed by atoms with Gasteiger partial charge in [0.25, 0.3) is 0 Å². The average Bonchev–Trinajstić information content (AvgIpc) is 2.83. The van der Waals surface area contributed by atoms with Crippen LogP contribution in [-0.4, -0.2) is 5.91 Å². The number of carbonyl (C=O) groups is 1. The number of nitrogens with one attached hydrogen (secondary N) is 2. The van der Waals surface area contributed by atoms with Crippen molar-refractivity contribution in [2.45, 2.75) is 18.9 Å². The van der Waals surface area contributed by atoms with Crippen LogP contribution in [0, 0.1) is 11.6 Å². The summed E-state index contributed by atoms with van der Waals surface area (Å²) < 4.78 is 31.8.